The maximum absolute atomic E-state index is 4.71. The number of benzene rings is 4. The number of rotatable bonds is 0. The first-order valence-electron chi connectivity index (χ1n) is 10.9. The summed E-state index contributed by atoms with van der Waals surface area (Å²) >= 11 is 0. The van der Waals surface area contributed by atoms with E-state index in [9.17, 15) is 0 Å². The molecule has 6 aromatic rings. The highest BCUT2D eigenvalue weighted by molar-refractivity contribution is 6.13. The van der Waals surface area contributed by atoms with Gasteiger partial charge in [-0.2, -0.15) is 0 Å². The van der Waals surface area contributed by atoms with Crippen molar-refractivity contribution in [3.05, 3.63) is 107 Å². The molecule has 0 bridgehead atoms. The van der Waals surface area contributed by atoms with Crippen molar-refractivity contribution in [2.75, 3.05) is 0 Å². The second-order valence-corrected chi connectivity index (χ2v) is 8.87. The highest BCUT2D eigenvalue weighted by Gasteiger charge is 2.26. The fourth-order valence-electron chi connectivity index (χ4n) is 5.89. The average molecular weight is 394 g/mol. The second-order valence-electron chi connectivity index (χ2n) is 8.87. The van der Waals surface area contributed by atoms with Gasteiger partial charge in [-0.1, -0.05) is 42.5 Å². The van der Waals surface area contributed by atoms with Crippen LogP contribution in [0.25, 0.3) is 49.6 Å². The molecule has 31 heavy (non-hydrogen) atoms. The highest BCUT2D eigenvalue weighted by atomic mass is 15.0. The smallest absolute Gasteiger partial charge is 0.145 e. The third kappa shape index (κ3) is 1.95. The first-order chi connectivity index (χ1) is 15.3. The lowest BCUT2D eigenvalue weighted by atomic mass is 9.96. The number of fused-ring (bicyclic) bond motifs is 12. The minimum atomic E-state index is 0.996. The first kappa shape index (κ1) is 15.9. The van der Waals surface area contributed by atoms with E-state index in [1.54, 1.807) is 0 Å². The summed E-state index contributed by atoms with van der Waals surface area (Å²) < 4.78 is 2.22. The van der Waals surface area contributed by atoms with E-state index in [1.807, 2.05) is 6.20 Å². The molecule has 144 valence electrons. The molecule has 2 aliphatic carbocycles. The molecule has 2 heteroatoms. The lowest BCUT2D eigenvalue weighted by Gasteiger charge is -2.11. The molecule has 0 radical (unpaired) electrons. The van der Waals surface area contributed by atoms with Gasteiger partial charge in [0, 0.05) is 23.2 Å². The molecule has 2 aliphatic rings. The van der Waals surface area contributed by atoms with Gasteiger partial charge in [-0.05, 0) is 93.1 Å². The van der Waals surface area contributed by atoms with Crippen molar-refractivity contribution >= 4 is 27.3 Å². The van der Waals surface area contributed by atoms with Crippen LogP contribution in [-0.2, 0) is 12.8 Å². The molecule has 2 aromatic heterocycles. The molecular weight excluding hydrogens is 376 g/mol. The predicted octanol–water partition coefficient (Wildman–Crippen LogP) is 6.78. The van der Waals surface area contributed by atoms with E-state index in [4.69, 9.17) is 4.98 Å². The number of hydrogen-bond acceptors (Lipinski definition) is 1. The molecule has 0 saturated heterocycles. The molecule has 0 saturated carbocycles. The Morgan fingerprint density at radius 3 is 2.23 bits per heavy atom. The molecule has 0 atom stereocenters. The van der Waals surface area contributed by atoms with Gasteiger partial charge < -0.3 is 0 Å². The minimum absolute atomic E-state index is 0.996. The van der Waals surface area contributed by atoms with Gasteiger partial charge in [-0.15, -0.1) is 0 Å². The van der Waals surface area contributed by atoms with E-state index < -0.39 is 0 Å². The summed E-state index contributed by atoms with van der Waals surface area (Å²) in [7, 11) is 0. The second kappa shape index (κ2) is 5.41. The van der Waals surface area contributed by atoms with Crippen LogP contribution in [0, 0.1) is 0 Å². The van der Waals surface area contributed by atoms with E-state index in [-0.39, 0.29) is 0 Å². The van der Waals surface area contributed by atoms with E-state index in [2.05, 4.69) is 83.4 Å². The Labute approximate surface area is 179 Å². The van der Waals surface area contributed by atoms with Crippen molar-refractivity contribution in [1.29, 1.82) is 0 Å². The molecule has 0 aliphatic heterocycles. The zero-order valence-electron chi connectivity index (χ0n) is 16.9. The molecule has 0 N–H and O–H groups in total. The van der Waals surface area contributed by atoms with Crippen molar-refractivity contribution in [2.24, 2.45) is 0 Å². The van der Waals surface area contributed by atoms with Crippen molar-refractivity contribution in [3.8, 4) is 22.3 Å². The van der Waals surface area contributed by atoms with Gasteiger partial charge in [-0.25, -0.2) is 4.98 Å². The third-order valence-corrected chi connectivity index (χ3v) is 7.27. The Kier molecular flexibility index (Phi) is 2.77. The number of pyridine rings is 1. The Hall–Kier alpha value is -3.91. The fourth-order valence-corrected chi connectivity index (χ4v) is 5.89. The Morgan fingerprint density at radius 1 is 0.581 bits per heavy atom. The summed E-state index contributed by atoms with van der Waals surface area (Å²) in [5.41, 5.74) is 13.7. The van der Waals surface area contributed by atoms with Crippen LogP contribution in [-0.4, -0.2) is 9.38 Å². The van der Waals surface area contributed by atoms with Crippen LogP contribution in [0.5, 0.6) is 0 Å². The normalized spacial score (nSPS) is 13.5. The highest BCUT2D eigenvalue weighted by Crippen LogP contribution is 2.46. The van der Waals surface area contributed by atoms with Crippen LogP contribution in [0.1, 0.15) is 22.3 Å². The zero-order valence-corrected chi connectivity index (χ0v) is 16.9. The fraction of sp³-hybridized carbons (Fsp3) is 0.0690. The van der Waals surface area contributed by atoms with Crippen molar-refractivity contribution in [3.63, 3.8) is 0 Å². The van der Waals surface area contributed by atoms with Crippen molar-refractivity contribution < 1.29 is 0 Å². The summed E-state index contributed by atoms with van der Waals surface area (Å²) in [5, 5.41) is 3.82. The molecular formula is C29H18N2. The minimum Gasteiger partial charge on any atom is -0.299 e. The van der Waals surface area contributed by atoms with E-state index in [1.165, 1.54) is 66.2 Å². The largest absolute Gasteiger partial charge is 0.299 e. The average Bonchev–Trinajstić information content (AvgIpc) is 3.51. The SMILES string of the molecule is c1ccc2c(c1)Cc1cc3c(cc1-2)Cc1cc2c(cc1-3)c1ccccc1n1ccnc21. The quantitative estimate of drug-likeness (QED) is 0.259. The van der Waals surface area contributed by atoms with Crippen LogP contribution >= 0.6 is 0 Å². The molecule has 4 aromatic carbocycles. The lowest BCUT2D eigenvalue weighted by molar-refractivity contribution is 1.24. The van der Waals surface area contributed by atoms with Crippen LogP contribution in [0.4, 0.5) is 0 Å². The molecule has 0 spiro atoms. The summed E-state index contributed by atoms with van der Waals surface area (Å²) in [4.78, 5) is 4.71. The molecule has 0 fully saturated rings. The number of nitrogens with zero attached hydrogens (tertiary/aromatic N) is 2. The van der Waals surface area contributed by atoms with E-state index in [0.717, 1.165) is 18.5 Å². The molecule has 2 nitrogen and oxygen atoms in total. The number of para-hydroxylation sites is 1. The van der Waals surface area contributed by atoms with Crippen LogP contribution < -0.4 is 0 Å². The van der Waals surface area contributed by atoms with Gasteiger partial charge in [0.05, 0.1) is 5.52 Å². The van der Waals surface area contributed by atoms with Crippen LogP contribution in [0.15, 0.2) is 85.2 Å². The molecule has 2 heterocycles. The van der Waals surface area contributed by atoms with Crippen molar-refractivity contribution in [1.82, 2.24) is 9.38 Å². The Bertz CT molecular complexity index is 1740. The van der Waals surface area contributed by atoms with Gasteiger partial charge in [0.2, 0.25) is 0 Å². The number of aromatic nitrogens is 2. The lowest BCUT2D eigenvalue weighted by Crippen LogP contribution is -1.92. The van der Waals surface area contributed by atoms with Crippen LogP contribution in [0.2, 0.25) is 0 Å². The standard InChI is InChI=1S/C29H18N2/c1-2-6-21-17(5-1)11-18-14-24-19(13-23(18)21)12-20-15-27-26(16-25(20)24)22-7-3-4-8-28(22)31-10-9-30-29(27)31/h1-10,13-16H,11-12H2. The van der Waals surface area contributed by atoms with Gasteiger partial charge in [-0.3, -0.25) is 4.40 Å². The topological polar surface area (TPSA) is 17.3 Å². The Balaban J connectivity index is 1.43. The zero-order chi connectivity index (χ0) is 20.1. The third-order valence-electron chi connectivity index (χ3n) is 7.27. The number of hydrogen-bond donors (Lipinski definition) is 0. The van der Waals surface area contributed by atoms with Gasteiger partial charge in [0.15, 0.2) is 0 Å². The molecule has 8 rings (SSSR count). The maximum Gasteiger partial charge on any atom is 0.145 e. The predicted molar refractivity (Wildman–Crippen MR) is 127 cm³/mol. The summed E-state index contributed by atoms with van der Waals surface area (Å²) in [5.74, 6) is 0. The molecule has 0 amide bonds. The van der Waals surface area contributed by atoms with E-state index >= 15 is 0 Å². The summed E-state index contributed by atoms with van der Waals surface area (Å²) in [6, 6.07) is 27.2. The first-order valence-corrected chi connectivity index (χ1v) is 10.9. The summed E-state index contributed by atoms with van der Waals surface area (Å²) in [6.45, 7) is 0. The monoisotopic (exact) mass is 394 g/mol. The molecule has 0 unspecified atom stereocenters. The van der Waals surface area contributed by atoms with Gasteiger partial charge >= 0.3 is 0 Å². The van der Waals surface area contributed by atoms with E-state index in [0.29, 0.717) is 0 Å². The van der Waals surface area contributed by atoms with Gasteiger partial charge in [0.1, 0.15) is 5.65 Å². The van der Waals surface area contributed by atoms with Crippen LogP contribution in [0.3, 0.4) is 0 Å². The Morgan fingerprint density at radius 2 is 1.29 bits per heavy atom. The van der Waals surface area contributed by atoms with Crippen molar-refractivity contribution in [2.45, 2.75) is 12.8 Å². The summed E-state index contributed by atoms with van der Waals surface area (Å²) in [6.07, 6.45) is 6.02. The maximum atomic E-state index is 4.71. The van der Waals surface area contributed by atoms with Gasteiger partial charge in [0.25, 0.3) is 0 Å². The number of imidazole rings is 1.